The van der Waals surface area contributed by atoms with Crippen molar-refractivity contribution in [2.75, 3.05) is 6.61 Å². The van der Waals surface area contributed by atoms with Crippen LogP contribution >= 0.6 is 47.2 Å². The van der Waals surface area contributed by atoms with Crippen molar-refractivity contribution < 1.29 is 5.11 Å². The molecule has 1 aromatic heterocycles. The van der Waals surface area contributed by atoms with E-state index in [1.54, 1.807) is 0 Å². The fourth-order valence-corrected chi connectivity index (χ4v) is 2.02. The van der Waals surface area contributed by atoms with E-state index in [1.165, 1.54) is 6.20 Å². The number of rotatable bonds is 4. The molecule has 3 N–H and O–H groups in total. The molecule has 0 saturated carbocycles. The monoisotopic (exact) mass is 304 g/mol. The van der Waals surface area contributed by atoms with Gasteiger partial charge in [0.05, 0.1) is 10.0 Å². The van der Waals surface area contributed by atoms with Crippen LogP contribution in [0, 0.1) is 0 Å². The highest BCUT2D eigenvalue weighted by molar-refractivity contribution is 6.43. The van der Waals surface area contributed by atoms with E-state index in [0.29, 0.717) is 23.4 Å². The number of hydrogen-bond donors (Lipinski definition) is 2. The van der Waals surface area contributed by atoms with Crippen LogP contribution in [0.5, 0.6) is 0 Å². The minimum atomic E-state index is -0.336. The number of hydrogen-bond acceptors (Lipinski definition) is 3. The van der Waals surface area contributed by atoms with Gasteiger partial charge < -0.3 is 10.8 Å². The van der Waals surface area contributed by atoms with Gasteiger partial charge in [0, 0.05) is 24.4 Å². The fraction of sp³-hybridized carbons (Fsp3) is 0.444. The van der Waals surface area contributed by atoms with Crippen LogP contribution in [0.3, 0.4) is 0 Å². The summed E-state index contributed by atoms with van der Waals surface area (Å²) >= 11 is 17.6. The summed E-state index contributed by atoms with van der Waals surface area (Å²) in [6.07, 6.45) is 2.61. The summed E-state index contributed by atoms with van der Waals surface area (Å²) in [7, 11) is 0. The predicted molar refractivity (Wildman–Crippen MR) is 69.8 cm³/mol. The Morgan fingerprint density at radius 3 is 2.56 bits per heavy atom. The minimum absolute atomic E-state index is 0. The lowest BCUT2D eigenvalue weighted by Gasteiger charge is -2.15. The van der Waals surface area contributed by atoms with Gasteiger partial charge in [-0.25, -0.2) is 4.98 Å². The van der Waals surface area contributed by atoms with E-state index in [9.17, 15) is 0 Å². The molecule has 1 aromatic rings. The zero-order valence-electron chi connectivity index (χ0n) is 8.29. The zero-order chi connectivity index (χ0) is 11.4. The highest BCUT2D eigenvalue weighted by Crippen LogP contribution is 2.34. The lowest BCUT2D eigenvalue weighted by molar-refractivity contribution is 0.280. The number of aliphatic hydroxyl groups is 1. The van der Waals surface area contributed by atoms with Crippen molar-refractivity contribution in [3.63, 3.8) is 0 Å². The Bertz CT molecular complexity index is 349. The van der Waals surface area contributed by atoms with Crippen molar-refractivity contribution in [3.05, 3.63) is 27.0 Å². The van der Waals surface area contributed by atoms with E-state index in [1.807, 2.05) is 0 Å². The Morgan fingerprint density at radius 1 is 1.38 bits per heavy atom. The van der Waals surface area contributed by atoms with Gasteiger partial charge in [-0.15, -0.1) is 12.4 Å². The Morgan fingerprint density at radius 2 is 2.00 bits per heavy atom. The van der Waals surface area contributed by atoms with Crippen LogP contribution in [0.1, 0.15) is 24.4 Å². The molecule has 1 atom stereocenters. The largest absolute Gasteiger partial charge is 0.396 e. The quantitative estimate of drug-likeness (QED) is 0.840. The molecule has 92 valence electrons. The molecule has 0 aliphatic rings. The number of aliphatic hydroxyl groups excluding tert-OH is 1. The summed E-state index contributed by atoms with van der Waals surface area (Å²) in [5.74, 6) is 0. The molecule has 0 spiro atoms. The van der Waals surface area contributed by atoms with Crippen LogP contribution in [0.2, 0.25) is 15.2 Å². The van der Waals surface area contributed by atoms with Crippen molar-refractivity contribution in [2.24, 2.45) is 5.73 Å². The molecule has 0 fully saturated rings. The molecular weight excluding hydrogens is 294 g/mol. The normalized spacial score (nSPS) is 12.1. The topological polar surface area (TPSA) is 59.1 Å². The van der Waals surface area contributed by atoms with Crippen LogP contribution in [0.15, 0.2) is 6.20 Å². The van der Waals surface area contributed by atoms with E-state index in [-0.39, 0.29) is 35.2 Å². The number of aromatic nitrogens is 1. The first-order valence-corrected chi connectivity index (χ1v) is 5.57. The molecule has 0 aliphatic carbocycles. The second-order valence-corrected chi connectivity index (χ2v) is 4.24. The average molecular weight is 306 g/mol. The molecule has 0 amide bonds. The molecule has 0 radical (unpaired) electrons. The van der Waals surface area contributed by atoms with Gasteiger partial charge in [-0.3, -0.25) is 0 Å². The van der Waals surface area contributed by atoms with Crippen LogP contribution < -0.4 is 5.73 Å². The second kappa shape index (κ2) is 7.54. The first kappa shape index (κ1) is 16.2. The predicted octanol–water partition coefficient (Wildman–Crippen LogP) is 3.24. The van der Waals surface area contributed by atoms with Crippen LogP contribution in [-0.2, 0) is 0 Å². The van der Waals surface area contributed by atoms with E-state index < -0.39 is 0 Å². The van der Waals surface area contributed by atoms with Crippen molar-refractivity contribution in [1.29, 1.82) is 0 Å². The molecule has 1 heterocycles. The van der Waals surface area contributed by atoms with Gasteiger partial charge in [0.2, 0.25) is 0 Å². The molecule has 1 rings (SSSR count). The van der Waals surface area contributed by atoms with Gasteiger partial charge in [0.1, 0.15) is 5.15 Å². The minimum Gasteiger partial charge on any atom is -0.396 e. The van der Waals surface area contributed by atoms with Gasteiger partial charge in [-0.1, -0.05) is 34.8 Å². The second-order valence-electron chi connectivity index (χ2n) is 3.10. The molecule has 0 bridgehead atoms. The van der Waals surface area contributed by atoms with Crippen LogP contribution in [0.25, 0.3) is 0 Å². The number of nitrogens with two attached hydrogens (primary N) is 1. The van der Waals surface area contributed by atoms with E-state index >= 15 is 0 Å². The standard InChI is InChI=1S/C9H11Cl3N2O.ClH/c10-5-4-14-9(12)8(11)7(5)6(13)2-1-3-15;/h4,6,15H,1-3,13H2;1H/t6-;/m1./s1. The number of halogens is 4. The zero-order valence-corrected chi connectivity index (χ0v) is 11.4. The average Bonchev–Trinajstić information content (AvgIpc) is 2.21. The maximum absolute atomic E-state index is 8.70. The first-order chi connectivity index (χ1) is 7.07. The Kier molecular flexibility index (Phi) is 7.64. The van der Waals surface area contributed by atoms with Gasteiger partial charge >= 0.3 is 0 Å². The number of pyridine rings is 1. The van der Waals surface area contributed by atoms with Crippen LogP contribution in [-0.4, -0.2) is 16.7 Å². The molecule has 0 saturated heterocycles. The van der Waals surface area contributed by atoms with Crippen molar-refractivity contribution in [3.8, 4) is 0 Å². The van der Waals surface area contributed by atoms with Gasteiger partial charge in [0.25, 0.3) is 0 Å². The fourth-order valence-electron chi connectivity index (χ4n) is 1.25. The summed E-state index contributed by atoms with van der Waals surface area (Å²) in [6, 6.07) is -0.336. The molecule has 0 aromatic carbocycles. The molecule has 7 heteroatoms. The molecule has 0 aliphatic heterocycles. The third-order valence-electron chi connectivity index (χ3n) is 2.01. The third-order valence-corrected chi connectivity index (χ3v) is 3.08. The number of nitrogens with zero attached hydrogens (tertiary/aromatic N) is 1. The summed E-state index contributed by atoms with van der Waals surface area (Å²) < 4.78 is 0. The van der Waals surface area contributed by atoms with Gasteiger partial charge in [-0.2, -0.15) is 0 Å². The third kappa shape index (κ3) is 3.91. The Hall–Kier alpha value is 0.230. The molecule has 3 nitrogen and oxygen atoms in total. The smallest absolute Gasteiger partial charge is 0.148 e. The van der Waals surface area contributed by atoms with E-state index in [4.69, 9.17) is 45.6 Å². The van der Waals surface area contributed by atoms with Crippen LogP contribution in [0.4, 0.5) is 0 Å². The maximum Gasteiger partial charge on any atom is 0.148 e. The van der Waals surface area contributed by atoms with Crippen molar-refractivity contribution in [1.82, 2.24) is 4.98 Å². The Labute approximate surface area is 115 Å². The SMILES string of the molecule is Cl.N[C@H](CCCO)c1c(Cl)cnc(Cl)c1Cl. The summed E-state index contributed by atoms with van der Waals surface area (Å²) in [6.45, 7) is 0.0851. The van der Waals surface area contributed by atoms with E-state index in [0.717, 1.165) is 0 Å². The first-order valence-electron chi connectivity index (χ1n) is 4.43. The highest BCUT2D eigenvalue weighted by Gasteiger charge is 2.17. The Balaban J connectivity index is 0.00000225. The highest BCUT2D eigenvalue weighted by atomic mass is 35.5. The molecule has 16 heavy (non-hydrogen) atoms. The lowest BCUT2D eigenvalue weighted by atomic mass is 10.0. The van der Waals surface area contributed by atoms with Crippen molar-refractivity contribution >= 4 is 47.2 Å². The summed E-state index contributed by atoms with van der Waals surface area (Å²) in [5, 5.41) is 9.57. The summed E-state index contributed by atoms with van der Waals surface area (Å²) in [4.78, 5) is 3.80. The molecule has 0 unspecified atom stereocenters. The van der Waals surface area contributed by atoms with Gasteiger partial charge in [-0.05, 0) is 12.8 Å². The summed E-state index contributed by atoms with van der Waals surface area (Å²) in [5.41, 5.74) is 6.47. The van der Waals surface area contributed by atoms with E-state index in [2.05, 4.69) is 4.98 Å². The lowest BCUT2D eigenvalue weighted by Crippen LogP contribution is -2.12. The van der Waals surface area contributed by atoms with Gasteiger partial charge in [0.15, 0.2) is 0 Å². The molecular formula is C9H12Cl4N2O. The van der Waals surface area contributed by atoms with Crippen molar-refractivity contribution in [2.45, 2.75) is 18.9 Å². The maximum atomic E-state index is 8.70.